The van der Waals surface area contributed by atoms with Crippen molar-refractivity contribution >= 4 is 81.0 Å². The monoisotopic (exact) mass is 604 g/mol. The average molecular weight is 606 g/mol. The molecule has 1 aliphatic rings. The van der Waals surface area contributed by atoms with Crippen LogP contribution in [0.25, 0.3) is 6.08 Å². The number of thiocarbonyl (C=S) groups is 1. The van der Waals surface area contributed by atoms with Crippen LogP contribution in [0.3, 0.4) is 0 Å². The quantitative estimate of drug-likeness (QED) is 0.131. The molecule has 0 unspecified atom stereocenters. The zero-order valence-corrected chi connectivity index (χ0v) is 24.3. The first-order valence-corrected chi connectivity index (χ1v) is 13.9. The van der Waals surface area contributed by atoms with Crippen molar-refractivity contribution in [1.82, 2.24) is 10.2 Å². The molecule has 10 heteroatoms. The van der Waals surface area contributed by atoms with Crippen LogP contribution in [-0.4, -0.2) is 31.1 Å². The fraction of sp³-hybridized carbons (Fsp3) is 0.179. The molecule has 1 N–H and O–H groups in total. The lowest BCUT2D eigenvalue weighted by Crippen LogP contribution is -2.47. The van der Waals surface area contributed by atoms with Crippen LogP contribution >= 0.6 is 58.8 Å². The maximum Gasteiger partial charge on any atom is 0.266 e. The first-order valence-electron chi connectivity index (χ1n) is 11.6. The van der Waals surface area contributed by atoms with E-state index in [1.807, 2.05) is 56.3 Å². The van der Waals surface area contributed by atoms with Crippen LogP contribution in [0.4, 0.5) is 0 Å². The summed E-state index contributed by atoms with van der Waals surface area (Å²) in [7, 11) is 0. The Morgan fingerprint density at radius 2 is 1.66 bits per heavy atom. The van der Waals surface area contributed by atoms with Gasteiger partial charge in [-0.1, -0.05) is 119 Å². The number of nitrogens with one attached hydrogen (secondary N) is 1. The third kappa shape index (κ3) is 6.90. The first-order chi connectivity index (χ1) is 18.0. The zero-order valence-electron chi connectivity index (χ0n) is 20.4. The number of amides is 2. The lowest BCUT2D eigenvalue weighted by Gasteiger charge is -2.26. The second kappa shape index (κ2) is 12.1. The minimum atomic E-state index is -1.93. The molecule has 0 spiro atoms. The molecule has 1 heterocycles. The maximum absolute atomic E-state index is 13.1. The molecule has 0 aromatic heterocycles. The number of carbonyl (C=O) groups is 2. The van der Waals surface area contributed by atoms with Crippen molar-refractivity contribution in [3.05, 3.63) is 106 Å². The molecule has 0 aliphatic carbocycles. The van der Waals surface area contributed by atoms with E-state index in [9.17, 15) is 9.59 Å². The molecule has 3 aromatic rings. The van der Waals surface area contributed by atoms with Gasteiger partial charge in [0.15, 0.2) is 0 Å². The number of thioether (sulfide) groups is 1. The minimum Gasteiger partial charge on any atom is -0.466 e. The molecular formula is C28H23Cl3N2O3S2. The van der Waals surface area contributed by atoms with Gasteiger partial charge in [0.2, 0.25) is 10.0 Å². The van der Waals surface area contributed by atoms with Crippen molar-refractivity contribution in [2.75, 3.05) is 0 Å². The van der Waals surface area contributed by atoms with Gasteiger partial charge < -0.3 is 10.1 Å². The van der Waals surface area contributed by atoms with Crippen LogP contribution in [0, 0.1) is 6.92 Å². The standard InChI is InChI=1S/C28H23Cl3N2O3S2/c1-17-8-12-21(13-9-17)24(34)32-26(28(29,30)31)36-22-14-10-19(11-15-22)16-23-25(35)33(27(37)38-23)18(2)20-6-4-3-5-7-20/h3-16,18,26H,1-2H3,(H,32,34)/b23-16-/t18-,26-/m0/s1. The van der Waals surface area contributed by atoms with Gasteiger partial charge in [0.1, 0.15) is 10.1 Å². The molecule has 0 saturated carbocycles. The Bertz CT molecular complexity index is 1360. The van der Waals surface area contributed by atoms with Gasteiger partial charge in [0, 0.05) is 5.56 Å². The summed E-state index contributed by atoms with van der Waals surface area (Å²) < 4.78 is 4.38. The summed E-state index contributed by atoms with van der Waals surface area (Å²) in [5.41, 5.74) is 3.19. The lowest BCUT2D eigenvalue weighted by molar-refractivity contribution is -0.123. The van der Waals surface area contributed by atoms with Crippen LogP contribution in [0.15, 0.2) is 83.8 Å². The Balaban J connectivity index is 1.45. The van der Waals surface area contributed by atoms with Crippen LogP contribution in [0.5, 0.6) is 5.75 Å². The molecule has 3 aromatic carbocycles. The summed E-state index contributed by atoms with van der Waals surface area (Å²) in [6.45, 7) is 3.87. The van der Waals surface area contributed by atoms with E-state index in [4.69, 9.17) is 51.8 Å². The normalized spacial score (nSPS) is 16.4. The van der Waals surface area contributed by atoms with E-state index < -0.39 is 15.9 Å². The number of carbonyl (C=O) groups excluding carboxylic acids is 2. The van der Waals surface area contributed by atoms with Crippen molar-refractivity contribution in [2.24, 2.45) is 0 Å². The van der Waals surface area contributed by atoms with Gasteiger partial charge in [-0.2, -0.15) is 0 Å². The summed E-state index contributed by atoms with van der Waals surface area (Å²) in [6, 6.07) is 23.4. The minimum absolute atomic E-state index is 0.147. The van der Waals surface area contributed by atoms with Gasteiger partial charge in [0.25, 0.3) is 11.8 Å². The Hall–Kier alpha value is -2.55. The Morgan fingerprint density at radius 3 is 2.26 bits per heavy atom. The molecule has 1 fully saturated rings. The summed E-state index contributed by atoms with van der Waals surface area (Å²) in [6.07, 6.45) is 0.523. The number of alkyl halides is 3. The van der Waals surface area contributed by atoms with Crippen molar-refractivity contribution in [3.8, 4) is 5.75 Å². The highest BCUT2D eigenvalue weighted by molar-refractivity contribution is 8.26. The molecule has 2 atom stereocenters. The van der Waals surface area contributed by atoms with E-state index in [0.29, 0.717) is 20.5 Å². The van der Waals surface area contributed by atoms with Crippen molar-refractivity contribution in [2.45, 2.75) is 29.9 Å². The number of hydrogen-bond acceptors (Lipinski definition) is 5. The molecule has 4 rings (SSSR count). The molecule has 1 saturated heterocycles. The number of rotatable bonds is 7. The maximum atomic E-state index is 13.1. The predicted octanol–water partition coefficient (Wildman–Crippen LogP) is 7.46. The highest BCUT2D eigenvalue weighted by Gasteiger charge is 2.37. The van der Waals surface area contributed by atoms with Gasteiger partial charge in [0.05, 0.1) is 10.9 Å². The SMILES string of the molecule is Cc1ccc(C(=O)N[C@@H](Oc2ccc(/C=C3\SC(=S)N([C@@H](C)c4ccccc4)C3=O)cc2)C(Cl)(Cl)Cl)cc1. The Kier molecular flexibility index (Phi) is 9.06. The van der Waals surface area contributed by atoms with Gasteiger partial charge in [-0.25, -0.2) is 0 Å². The summed E-state index contributed by atoms with van der Waals surface area (Å²) in [5, 5.41) is 2.62. The topological polar surface area (TPSA) is 58.6 Å². The smallest absolute Gasteiger partial charge is 0.266 e. The Morgan fingerprint density at radius 1 is 1.03 bits per heavy atom. The van der Waals surface area contributed by atoms with Crippen LogP contribution in [-0.2, 0) is 4.79 Å². The van der Waals surface area contributed by atoms with Gasteiger partial charge in [-0.05, 0) is 55.3 Å². The summed E-state index contributed by atoms with van der Waals surface area (Å²) >= 11 is 25.0. The first kappa shape index (κ1) is 28.5. The molecular weight excluding hydrogens is 583 g/mol. The molecule has 1 aliphatic heterocycles. The third-order valence-corrected chi connectivity index (χ3v) is 7.72. The zero-order chi connectivity index (χ0) is 27.4. The third-order valence-electron chi connectivity index (χ3n) is 5.80. The van der Waals surface area contributed by atoms with Gasteiger partial charge in [-0.3, -0.25) is 14.5 Å². The van der Waals surface area contributed by atoms with Crippen LogP contribution < -0.4 is 10.1 Å². The number of hydrogen-bond donors (Lipinski definition) is 1. The fourth-order valence-corrected chi connectivity index (χ4v) is 5.43. The van der Waals surface area contributed by atoms with E-state index in [2.05, 4.69) is 5.32 Å². The van der Waals surface area contributed by atoms with E-state index in [1.165, 1.54) is 11.8 Å². The fourth-order valence-electron chi connectivity index (χ4n) is 3.71. The summed E-state index contributed by atoms with van der Waals surface area (Å²) in [4.78, 5) is 27.9. The molecule has 5 nitrogen and oxygen atoms in total. The van der Waals surface area contributed by atoms with E-state index in [1.54, 1.807) is 47.4 Å². The predicted molar refractivity (Wildman–Crippen MR) is 160 cm³/mol. The second-order valence-corrected chi connectivity index (χ2v) is 12.6. The van der Waals surface area contributed by atoms with Crippen LogP contribution in [0.1, 0.15) is 40.0 Å². The van der Waals surface area contributed by atoms with Crippen molar-refractivity contribution < 1.29 is 14.3 Å². The number of halogens is 3. The molecule has 0 radical (unpaired) electrons. The van der Waals surface area contributed by atoms with E-state index >= 15 is 0 Å². The number of aryl methyl sites for hydroxylation is 1. The molecule has 196 valence electrons. The molecule has 2 amide bonds. The number of nitrogens with zero attached hydrogens (tertiary/aromatic N) is 1. The number of ether oxygens (including phenoxy) is 1. The average Bonchev–Trinajstić information content (AvgIpc) is 3.16. The Labute approximate surface area is 246 Å². The molecule has 38 heavy (non-hydrogen) atoms. The van der Waals surface area contributed by atoms with Crippen molar-refractivity contribution in [1.29, 1.82) is 0 Å². The van der Waals surface area contributed by atoms with Gasteiger partial charge in [-0.15, -0.1) is 0 Å². The van der Waals surface area contributed by atoms with E-state index in [0.717, 1.165) is 16.7 Å². The highest BCUT2D eigenvalue weighted by Crippen LogP contribution is 2.38. The van der Waals surface area contributed by atoms with E-state index in [-0.39, 0.29) is 11.9 Å². The molecule has 0 bridgehead atoms. The highest BCUT2D eigenvalue weighted by atomic mass is 35.6. The summed E-state index contributed by atoms with van der Waals surface area (Å²) in [5.74, 6) is -0.218. The van der Waals surface area contributed by atoms with Crippen molar-refractivity contribution in [3.63, 3.8) is 0 Å². The van der Waals surface area contributed by atoms with Crippen LogP contribution in [0.2, 0.25) is 0 Å². The number of benzene rings is 3. The largest absolute Gasteiger partial charge is 0.466 e. The second-order valence-electron chi connectivity index (χ2n) is 8.59. The lowest BCUT2D eigenvalue weighted by atomic mass is 10.1. The van der Waals surface area contributed by atoms with Gasteiger partial charge >= 0.3 is 0 Å².